The maximum Gasteiger partial charge on any atom is 0.257 e. The largest absolute Gasteiger partial charge is 0.332 e. The van der Waals surface area contributed by atoms with Gasteiger partial charge in [-0.2, -0.15) is 5.10 Å². The van der Waals surface area contributed by atoms with Crippen molar-refractivity contribution in [2.24, 2.45) is 0 Å². The Labute approximate surface area is 123 Å². The third-order valence-corrected chi connectivity index (χ3v) is 4.42. The van der Waals surface area contributed by atoms with Gasteiger partial charge < -0.3 is 4.90 Å². The molecule has 2 rings (SSSR count). The molecule has 108 valence electrons. The minimum atomic E-state index is -0.0311. The molecule has 0 spiro atoms. The van der Waals surface area contributed by atoms with E-state index in [2.05, 4.69) is 17.0 Å². The van der Waals surface area contributed by atoms with Crippen LogP contribution in [0.2, 0.25) is 0 Å². The van der Waals surface area contributed by atoms with Crippen molar-refractivity contribution in [3.05, 3.63) is 34.0 Å². The van der Waals surface area contributed by atoms with Crippen molar-refractivity contribution in [1.82, 2.24) is 19.7 Å². The van der Waals surface area contributed by atoms with Crippen molar-refractivity contribution >= 4 is 17.2 Å². The molecule has 20 heavy (non-hydrogen) atoms. The van der Waals surface area contributed by atoms with E-state index in [9.17, 15) is 4.79 Å². The molecule has 0 bridgehead atoms. The molecule has 1 atom stereocenters. The van der Waals surface area contributed by atoms with Crippen molar-refractivity contribution in [2.75, 3.05) is 7.05 Å². The first-order chi connectivity index (χ1) is 9.56. The number of hydrogen-bond acceptors (Lipinski definition) is 4. The number of carbonyl (C=O) groups excluding carboxylic acids is 1. The van der Waals surface area contributed by atoms with Crippen LogP contribution in [0.25, 0.3) is 0 Å². The molecule has 1 amide bonds. The number of rotatable bonds is 5. The van der Waals surface area contributed by atoms with Crippen molar-refractivity contribution in [3.63, 3.8) is 0 Å². The summed E-state index contributed by atoms with van der Waals surface area (Å²) >= 11 is 1.56. The fourth-order valence-electron chi connectivity index (χ4n) is 2.07. The molecule has 0 saturated heterocycles. The number of aromatic nitrogens is 3. The van der Waals surface area contributed by atoms with Gasteiger partial charge in [0.25, 0.3) is 5.91 Å². The highest BCUT2D eigenvalue weighted by Crippen LogP contribution is 2.23. The Bertz CT molecular complexity index is 576. The molecule has 2 aromatic rings. The lowest BCUT2D eigenvalue weighted by Gasteiger charge is -2.23. The second-order valence-electron chi connectivity index (χ2n) is 4.83. The smallest absolute Gasteiger partial charge is 0.257 e. The molecule has 6 heteroatoms. The van der Waals surface area contributed by atoms with Gasteiger partial charge >= 0.3 is 0 Å². The number of carbonyl (C=O) groups is 1. The van der Waals surface area contributed by atoms with Gasteiger partial charge in [0.05, 0.1) is 17.8 Å². The Morgan fingerprint density at radius 1 is 1.55 bits per heavy atom. The molecule has 5 nitrogen and oxygen atoms in total. The minimum Gasteiger partial charge on any atom is -0.332 e. The number of amides is 1. The average Bonchev–Trinajstić information content (AvgIpc) is 3.08. The monoisotopic (exact) mass is 292 g/mol. The van der Waals surface area contributed by atoms with E-state index in [1.807, 2.05) is 31.0 Å². The van der Waals surface area contributed by atoms with E-state index in [4.69, 9.17) is 0 Å². The quantitative estimate of drug-likeness (QED) is 0.851. The van der Waals surface area contributed by atoms with Crippen LogP contribution in [0.1, 0.15) is 47.4 Å². The second kappa shape index (κ2) is 6.17. The summed E-state index contributed by atoms with van der Waals surface area (Å²) in [6.07, 6.45) is 4.43. The molecule has 2 aromatic heterocycles. The third-order valence-electron chi connectivity index (χ3n) is 3.48. The van der Waals surface area contributed by atoms with Gasteiger partial charge in [-0.15, -0.1) is 11.3 Å². The van der Waals surface area contributed by atoms with E-state index in [-0.39, 0.29) is 11.9 Å². The highest BCUT2D eigenvalue weighted by molar-refractivity contribution is 7.09. The van der Waals surface area contributed by atoms with Crippen molar-refractivity contribution in [2.45, 2.75) is 39.8 Å². The lowest BCUT2D eigenvalue weighted by atomic mass is 10.2. The van der Waals surface area contributed by atoms with Crippen LogP contribution >= 0.6 is 11.3 Å². The van der Waals surface area contributed by atoms with Crippen molar-refractivity contribution in [3.8, 4) is 0 Å². The lowest BCUT2D eigenvalue weighted by Crippen LogP contribution is -2.30. The zero-order valence-corrected chi connectivity index (χ0v) is 13.1. The van der Waals surface area contributed by atoms with E-state index in [1.165, 1.54) is 0 Å². The Morgan fingerprint density at radius 3 is 2.90 bits per heavy atom. The summed E-state index contributed by atoms with van der Waals surface area (Å²) in [5.41, 5.74) is 1.60. The molecule has 0 saturated carbocycles. The Kier molecular flexibility index (Phi) is 4.54. The number of hydrogen-bond donors (Lipinski definition) is 0. The fraction of sp³-hybridized carbons (Fsp3) is 0.500. The highest BCUT2D eigenvalue weighted by atomic mass is 32.1. The molecule has 0 aliphatic carbocycles. The predicted octanol–water partition coefficient (Wildman–Crippen LogP) is 2.89. The molecular weight excluding hydrogens is 272 g/mol. The summed E-state index contributed by atoms with van der Waals surface area (Å²) in [6, 6.07) is -0.0311. The molecule has 0 aromatic carbocycles. The van der Waals surface area contributed by atoms with Gasteiger partial charge in [0.15, 0.2) is 0 Å². The second-order valence-corrected chi connectivity index (χ2v) is 5.76. The van der Waals surface area contributed by atoms with E-state index >= 15 is 0 Å². The minimum absolute atomic E-state index is 0.00690. The van der Waals surface area contributed by atoms with Crippen LogP contribution in [0.3, 0.4) is 0 Å². The van der Waals surface area contributed by atoms with E-state index in [0.717, 1.165) is 23.7 Å². The van der Waals surface area contributed by atoms with Gasteiger partial charge in [0, 0.05) is 30.9 Å². The van der Waals surface area contributed by atoms with Gasteiger partial charge in [0.1, 0.15) is 5.01 Å². The number of nitrogens with zero attached hydrogens (tertiary/aromatic N) is 4. The number of thiazole rings is 1. The maximum absolute atomic E-state index is 12.6. The van der Waals surface area contributed by atoms with E-state index < -0.39 is 0 Å². The van der Waals surface area contributed by atoms with Crippen LogP contribution in [0.5, 0.6) is 0 Å². The van der Waals surface area contributed by atoms with Gasteiger partial charge in [-0.3, -0.25) is 9.48 Å². The normalized spacial score (nSPS) is 12.4. The Morgan fingerprint density at radius 2 is 2.30 bits per heavy atom. The summed E-state index contributed by atoms with van der Waals surface area (Å²) in [5.74, 6) is -0.00690. The SMILES string of the molecule is CCCn1ncc(C(=O)N(C)[C@@H](C)c2nccs2)c1C. The molecule has 0 N–H and O–H groups in total. The van der Waals surface area contributed by atoms with Gasteiger partial charge in [0.2, 0.25) is 0 Å². The first kappa shape index (κ1) is 14.7. The molecular formula is C14H20N4OS. The Hall–Kier alpha value is -1.69. The molecule has 0 aliphatic rings. The zero-order chi connectivity index (χ0) is 14.7. The van der Waals surface area contributed by atoms with Crippen LogP contribution in [-0.4, -0.2) is 32.6 Å². The average molecular weight is 292 g/mol. The summed E-state index contributed by atoms with van der Waals surface area (Å²) in [4.78, 5) is 18.6. The molecule has 2 heterocycles. The lowest BCUT2D eigenvalue weighted by molar-refractivity contribution is 0.0741. The first-order valence-corrected chi connectivity index (χ1v) is 7.63. The Balaban J connectivity index is 2.18. The van der Waals surface area contributed by atoms with Crippen LogP contribution in [-0.2, 0) is 6.54 Å². The molecule has 0 aliphatic heterocycles. The predicted molar refractivity (Wildman–Crippen MR) is 79.9 cm³/mol. The van der Waals surface area contributed by atoms with Crippen LogP contribution in [0.15, 0.2) is 17.8 Å². The first-order valence-electron chi connectivity index (χ1n) is 6.75. The van der Waals surface area contributed by atoms with E-state index in [0.29, 0.717) is 5.56 Å². The summed E-state index contributed by atoms with van der Waals surface area (Å²) in [6.45, 7) is 6.87. The van der Waals surface area contributed by atoms with Gasteiger partial charge in [-0.25, -0.2) is 4.98 Å². The zero-order valence-electron chi connectivity index (χ0n) is 12.3. The summed E-state index contributed by atoms with van der Waals surface area (Å²) < 4.78 is 1.88. The van der Waals surface area contributed by atoms with Crippen LogP contribution < -0.4 is 0 Å². The topological polar surface area (TPSA) is 51.0 Å². The van der Waals surface area contributed by atoms with Crippen molar-refractivity contribution < 1.29 is 4.79 Å². The fourth-order valence-corrected chi connectivity index (χ4v) is 2.80. The standard InChI is InChI=1S/C14H20N4OS/c1-5-7-18-10(2)12(9-16-18)14(19)17(4)11(3)13-15-6-8-20-13/h6,8-9,11H,5,7H2,1-4H3/t11-/m0/s1. The van der Waals surface area contributed by atoms with Gasteiger partial charge in [-0.1, -0.05) is 6.92 Å². The number of aryl methyl sites for hydroxylation is 1. The third kappa shape index (κ3) is 2.75. The summed E-state index contributed by atoms with van der Waals surface area (Å²) in [5, 5.41) is 7.16. The molecule has 0 fully saturated rings. The molecule has 0 unspecified atom stereocenters. The van der Waals surface area contributed by atoms with E-state index in [1.54, 1.807) is 28.6 Å². The van der Waals surface area contributed by atoms with Crippen LogP contribution in [0, 0.1) is 6.92 Å². The van der Waals surface area contributed by atoms with Crippen molar-refractivity contribution in [1.29, 1.82) is 0 Å². The van der Waals surface area contributed by atoms with Crippen LogP contribution in [0.4, 0.5) is 0 Å². The van der Waals surface area contributed by atoms with Gasteiger partial charge in [-0.05, 0) is 20.3 Å². The maximum atomic E-state index is 12.6. The molecule has 0 radical (unpaired) electrons. The highest BCUT2D eigenvalue weighted by Gasteiger charge is 2.23. The summed E-state index contributed by atoms with van der Waals surface area (Å²) in [7, 11) is 1.81.